The first kappa shape index (κ1) is 11.6. The van der Waals surface area contributed by atoms with Gasteiger partial charge in [-0.3, -0.25) is 0 Å². The fraction of sp³-hybridized carbons (Fsp3) is 0.214. The molecule has 1 aromatic carbocycles. The minimum absolute atomic E-state index is 0.0775. The van der Waals surface area contributed by atoms with Crippen molar-refractivity contribution in [3.05, 3.63) is 53.2 Å². The average Bonchev–Trinajstić information content (AvgIpc) is 2.80. The molecule has 0 aliphatic rings. The summed E-state index contributed by atoms with van der Waals surface area (Å²) in [6.07, 6.45) is 4.49. The molecule has 0 aliphatic heterocycles. The molecular formula is C14H15NO2. The normalized spacial score (nSPS) is 11.2. The van der Waals surface area contributed by atoms with E-state index >= 15 is 0 Å². The van der Waals surface area contributed by atoms with Gasteiger partial charge in [0.15, 0.2) is 0 Å². The molecule has 3 nitrogen and oxygen atoms in total. The second-order valence-electron chi connectivity index (χ2n) is 3.68. The van der Waals surface area contributed by atoms with E-state index in [1.54, 1.807) is 0 Å². The van der Waals surface area contributed by atoms with Crippen LogP contribution in [0, 0.1) is 0 Å². The van der Waals surface area contributed by atoms with Crippen molar-refractivity contribution in [1.82, 2.24) is 4.98 Å². The van der Waals surface area contributed by atoms with Crippen LogP contribution >= 0.6 is 0 Å². The number of hydrogen-bond acceptors (Lipinski definition) is 3. The lowest BCUT2D eigenvalue weighted by atomic mass is 10.2. The predicted molar refractivity (Wildman–Crippen MR) is 67.2 cm³/mol. The van der Waals surface area contributed by atoms with Crippen LogP contribution in [-0.2, 0) is 13.0 Å². The van der Waals surface area contributed by atoms with E-state index in [4.69, 9.17) is 9.52 Å². The van der Waals surface area contributed by atoms with Gasteiger partial charge in [0, 0.05) is 12.5 Å². The van der Waals surface area contributed by atoms with Crippen LogP contribution in [0.15, 0.2) is 34.7 Å². The minimum atomic E-state index is -0.0775. The number of benzene rings is 1. The van der Waals surface area contributed by atoms with Crippen molar-refractivity contribution >= 4 is 12.2 Å². The Kier molecular flexibility index (Phi) is 3.73. The van der Waals surface area contributed by atoms with E-state index in [1.807, 2.05) is 49.4 Å². The number of rotatable bonds is 4. The second-order valence-corrected chi connectivity index (χ2v) is 3.68. The highest BCUT2D eigenvalue weighted by Crippen LogP contribution is 2.14. The van der Waals surface area contributed by atoms with E-state index in [1.165, 1.54) is 0 Å². The summed E-state index contributed by atoms with van der Waals surface area (Å²) in [5, 5.41) is 9.10. The van der Waals surface area contributed by atoms with Gasteiger partial charge < -0.3 is 9.52 Å². The maximum absolute atomic E-state index is 9.10. The van der Waals surface area contributed by atoms with Crippen molar-refractivity contribution < 1.29 is 9.52 Å². The fourth-order valence-electron chi connectivity index (χ4n) is 1.61. The van der Waals surface area contributed by atoms with Gasteiger partial charge in [0.05, 0.1) is 6.61 Å². The predicted octanol–water partition coefficient (Wildman–Crippen LogP) is 2.90. The van der Waals surface area contributed by atoms with E-state index in [0.29, 0.717) is 11.6 Å². The lowest BCUT2D eigenvalue weighted by molar-refractivity contribution is 0.274. The summed E-state index contributed by atoms with van der Waals surface area (Å²) < 4.78 is 5.52. The Labute approximate surface area is 100 Å². The third kappa shape index (κ3) is 2.82. The Morgan fingerprint density at radius 1 is 1.24 bits per heavy atom. The van der Waals surface area contributed by atoms with Gasteiger partial charge >= 0.3 is 0 Å². The van der Waals surface area contributed by atoms with Crippen LogP contribution in [0.5, 0.6) is 0 Å². The SMILES string of the molecule is CCc1oc(/C=C/c2ccccc2)nc1CO. The Bertz CT molecular complexity index is 479. The first-order valence-electron chi connectivity index (χ1n) is 5.66. The van der Waals surface area contributed by atoms with Gasteiger partial charge in [-0.2, -0.15) is 0 Å². The molecule has 0 radical (unpaired) electrons. The maximum Gasteiger partial charge on any atom is 0.219 e. The molecule has 17 heavy (non-hydrogen) atoms. The molecule has 2 rings (SSSR count). The van der Waals surface area contributed by atoms with Crippen LogP contribution < -0.4 is 0 Å². The second kappa shape index (κ2) is 5.46. The summed E-state index contributed by atoms with van der Waals surface area (Å²) >= 11 is 0. The van der Waals surface area contributed by atoms with E-state index in [2.05, 4.69) is 4.98 Å². The maximum atomic E-state index is 9.10. The largest absolute Gasteiger partial charge is 0.441 e. The number of aryl methyl sites for hydroxylation is 1. The van der Waals surface area contributed by atoms with Crippen molar-refractivity contribution in [2.24, 2.45) is 0 Å². The third-order valence-corrected chi connectivity index (χ3v) is 2.48. The number of oxazole rings is 1. The van der Waals surface area contributed by atoms with Gasteiger partial charge in [-0.15, -0.1) is 0 Å². The minimum Gasteiger partial charge on any atom is -0.441 e. The lowest BCUT2D eigenvalue weighted by Crippen LogP contribution is -1.88. The molecule has 0 amide bonds. The van der Waals surface area contributed by atoms with Crippen LogP contribution in [0.3, 0.4) is 0 Å². The fourth-order valence-corrected chi connectivity index (χ4v) is 1.61. The molecule has 0 aliphatic carbocycles. The van der Waals surface area contributed by atoms with Crippen molar-refractivity contribution in [3.63, 3.8) is 0 Å². The van der Waals surface area contributed by atoms with Gasteiger partial charge in [-0.1, -0.05) is 37.3 Å². The van der Waals surface area contributed by atoms with Crippen molar-refractivity contribution in [2.45, 2.75) is 20.0 Å². The van der Waals surface area contributed by atoms with E-state index in [9.17, 15) is 0 Å². The van der Waals surface area contributed by atoms with Crippen LogP contribution in [-0.4, -0.2) is 10.1 Å². The monoisotopic (exact) mass is 229 g/mol. The topological polar surface area (TPSA) is 46.3 Å². The highest BCUT2D eigenvalue weighted by Gasteiger charge is 2.08. The number of aliphatic hydroxyl groups is 1. The van der Waals surface area contributed by atoms with Gasteiger partial charge in [0.1, 0.15) is 11.5 Å². The molecule has 0 fully saturated rings. The Hall–Kier alpha value is -1.87. The summed E-state index contributed by atoms with van der Waals surface area (Å²) in [6, 6.07) is 9.94. The average molecular weight is 229 g/mol. The van der Waals surface area contributed by atoms with E-state index in [-0.39, 0.29) is 6.61 Å². The highest BCUT2D eigenvalue weighted by molar-refractivity contribution is 5.65. The van der Waals surface area contributed by atoms with Gasteiger partial charge in [0.2, 0.25) is 5.89 Å². The van der Waals surface area contributed by atoms with E-state index in [0.717, 1.165) is 17.7 Å². The number of hydrogen-bond donors (Lipinski definition) is 1. The molecule has 0 saturated carbocycles. The third-order valence-electron chi connectivity index (χ3n) is 2.48. The molecule has 0 bridgehead atoms. The first-order chi connectivity index (χ1) is 8.33. The van der Waals surface area contributed by atoms with E-state index < -0.39 is 0 Å². The molecule has 1 aromatic heterocycles. The van der Waals surface area contributed by atoms with Crippen LogP contribution in [0.1, 0.15) is 29.8 Å². The van der Waals surface area contributed by atoms with Crippen molar-refractivity contribution in [2.75, 3.05) is 0 Å². The Balaban J connectivity index is 2.19. The lowest BCUT2D eigenvalue weighted by Gasteiger charge is -1.90. The summed E-state index contributed by atoms with van der Waals surface area (Å²) in [7, 11) is 0. The molecule has 1 N–H and O–H groups in total. The highest BCUT2D eigenvalue weighted by atomic mass is 16.4. The van der Waals surface area contributed by atoms with Crippen LogP contribution in [0.2, 0.25) is 0 Å². The quantitative estimate of drug-likeness (QED) is 0.876. The molecule has 1 heterocycles. The number of nitrogens with zero attached hydrogens (tertiary/aromatic N) is 1. The van der Waals surface area contributed by atoms with Crippen molar-refractivity contribution in [3.8, 4) is 0 Å². The molecule has 3 heteroatoms. The zero-order chi connectivity index (χ0) is 12.1. The Morgan fingerprint density at radius 3 is 2.59 bits per heavy atom. The molecule has 0 unspecified atom stereocenters. The van der Waals surface area contributed by atoms with Crippen LogP contribution in [0.4, 0.5) is 0 Å². The summed E-state index contributed by atoms with van der Waals surface area (Å²) in [6.45, 7) is 1.90. The standard InChI is InChI=1S/C14H15NO2/c1-2-13-12(10-16)15-14(17-13)9-8-11-6-4-3-5-7-11/h3-9,16H,2,10H2,1H3/b9-8+. The van der Waals surface area contributed by atoms with Crippen molar-refractivity contribution in [1.29, 1.82) is 0 Å². The molecule has 0 spiro atoms. The summed E-state index contributed by atoms with van der Waals surface area (Å²) in [5.41, 5.74) is 1.72. The summed E-state index contributed by atoms with van der Waals surface area (Å²) in [5.74, 6) is 1.29. The molecule has 0 saturated heterocycles. The molecule has 2 aromatic rings. The van der Waals surface area contributed by atoms with Gasteiger partial charge in [-0.05, 0) is 11.6 Å². The molecule has 88 valence electrons. The Morgan fingerprint density at radius 2 is 2.00 bits per heavy atom. The van der Waals surface area contributed by atoms with Gasteiger partial charge in [0.25, 0.3) is 0 Å². The van der Waals surface area contributed by atoms with Crippen LogP contribution in [0.25, 0.3) is 12.2 Å². The van der Waals surface area contributed by atoms with Gasteiger partial charge in [-0.25, -0.2) is 4.98 Å². The smallest absolute Gasteiger partial charge is 0.219 e. The molecular weight excluding hydrogens is 214 g/mol. The first-order valence-corrected chi connectivity index (χ1v) is 5.66. The summed E-state index contributed by atoms with van der Waals surface area (Å²) in [4.78, 5) is 4.21. The number of aromatic nitrogens is 1. The zero-order valence-corrected chi connectivity index (χ0v) is 9.76. The zero-order valence-electron chi connectivity index (χ0n) is 9.76. The number of aliphatic hydroxyl groups excluding tert-OH is 1. The molecule has 0 atom stereocenters.